The van der Waals surface area contributed by atoms with Crippen LogP contribution >= 0.6 is 23.1 Å². The first kappa shape index (κ1) is 13.5. The van der Waals surface area contributed by atoms with Crippen LogP contribution < -0.4 is 5.32 Å². The monoisotopic (exact) mass is 306 g/mol. The molecule has 1 amide bonds. The van der Waals surface area contributed by atoms with E-state index in [4.69, 9.17) is 0 Å². The van der Waals surface area contributed by atoms with Crippen molar-refractivity contribution in [3.05, 3.63) is 35.1 Å². The lowest BCUT2D eigenvalue weighted by Crippen LogP contribution is -2.24. The van der Waals surface area contributed by atoms with Crippen LogP contribution in [0.25, 0.3) is 0 Å². The summed E-state index contributed by atoms with van der Waals surface area (Å²) in [7, 11) is 0. The Morgan fingerprint density at radius 1 is 1.45 bits per heavy atom. The Morgan fingerprint density at radius 2 is 2.35 bits per heavy atom. The molecular formula is C13H14N4OS2. The minimum atomic E-state index is 0.00188. The number of hydrogen-bond acceptors (Lipinski definition) is 6. The number of thioether (sulfide) groups is 1. The number of pyridine rings is 1. The van der Waals surface area contributed by atoms with Crippen LogP contribution in [0.1, 0.15) is 29.3 Å². The van der Waals surface area contributed by atoms with Crippen LogP contribution in [-0.4, -0.2) is 26.8 Å². The van der Waals surface area contributed by atoms with Crippen LogP contribution in [0.3, 0.4) is 0 Å². The van der Waals surface area contributed by atoms with Crippen molar-refractivity contribution in [3.8, 4) is 0 Å². The quantitative estimate of drug-likeness (QED) is 0.829. The Bertz CT molecular complexity index is 583. The van der Waals surface area contributed by atoms with Crippen LogP contribution in [0.5, 0.6) is 0 Å². The van der Waals surface area contributed by atoms with Gasteiger partial charge in [-0.15, -0.1) is 10.2 Å². The predicted molar refractivity (Wildman–Crippen MR) is 78.7 cm³/mol. The lowest BCUT2D eigenvalue weighted by molar-refractivity contribution is -0.118. The fourth-order valence-corrected chi connectivity index (χ4v) is 3.52. The van der Waals surface area contributed by atoms with Crippen LogP contribution in [0.2, 0.25) is 0 Å². The van der Waals surface area contributed by atoms with Crippen molar-refractivity contribution in [3.63, 3.8) is 0 Å². The van der Waals surface area contributed by atoms with Crippen molar-refractivity contribution in [2.24, 2.45) is 0 Å². The molecule has 3 rings (SSSR count). The minimum Gasteiger partial charge on any atom is -0.351 e. The maximum Gasteiger partial charge on any atom is 0.230 e. The van der Waals surface area contributed by atoms with E-state index in [1.54, 1.807) is 23.7 Å². The van der Waals surface area contributed by atoms with E-state index < -0.39 is 0 Å². The van der Waals surface area contributed by atoms with Gasteiger partial charge in [0.25, 0.3) is 0 Å². The van der Waals surface area contributed by atoms with Crippen molar-refractivity contribution in [1.29, 1.82) is 0 Å². The molecule has 0 aliphatic heterocycles. The molecule has 20 heavy (non-hydrogen) atoms. The summed E-state index contributed by atoms with van der Waals surface area (Å²) in [5, 5.41) is 12.2. The number of nitrogens with one attached hydrogen (secondary N) is 1. The van der Waals surface area contributed by atoms with Gasteiger partial charge in [-0.2, -0.15) is 0 Å². The molecule has 1 fully saturated rings. The summed E-state index contributed by atoms with van der Waals surface area (Å²) >= 11 is 3.06. The highest BCUT2D eigenvalue weighted by molar-refractivity contribution is 8.01. The number of carbonyl (C=O) groups is 1. The maximum absolute atomic E-state index is 11.7. The topological polar surface area (TPSA) is 67.8 Å². The largest absolute Gasteiger partial charge is 0.351 e. The van der Waals surface area contributed by atoms with Gasteiger partial charge < -0.3 is 5.32 Å². The van der Waals surface area contributed by atoms with Crippen molar-refractivity contribution < 1.29 is 4.79 Å². The average molecular weight is 306 g/mol. The number of nitrogens with zero attached hydrogens (tertiary/aromatic N) is 3. The van der Waals surface area contributed by atoms with Gasteiger partial charge >= 0.3 is 0 Å². The number of aromatic nitrogens is 3. The van der Waals surface area contributed by atoms with Gasteiger partial charge in [0.05, 0.1) is 5.75 Å². The van der Waals surface area contributed by atoms with E-state index in [-0.39, 0.29) is 5.91 Å². The normalized spacial score (nSPS) is 14.2. The molecule has 2 aromatic rings. The summed E-state index contributed by atoms with van der Waals surface area (Å²) in [5.74, 6) is 1.00. The van der Waals surface area contributed by atoms with Gasteiger partial charge in [0.1, 0.15) is 5.01 Å². The second-order valence-corrected chi connectivity index (χ2v) is 6.84. The van der Waals surface area contributed by atoms with E-state index in [2.05, 4.69) is 20.5 Å². The molecule has 0 unspecified atom stereocenters. The molecule has 0 spiro atoms. The van der Waals surface area contributed by atoms with Crippen molar-refractivity contribution in [1.82, 2.24) is 20.5 Å². The Kier molecular flexibility index (Phi) is 4.27. The molecule has 1 aliphatic carbocycles. The van der Waals surface area contributed by atoms with E-state index in [1.165, 1.54) is 24.6 Å². The molecule has 5 nitrogen and oxygen atoms in total. The maximum atomic E-state index is 11.7. The lowest BCUT2D eigenvalue weighted by atomic mass is 10.3. The van der Waals surface area contributed by atoms with Gasteiger partial charge in [-0.05, 0) is 24.5 Å². The molecule has 1 aliphatic rings. The molecule has 1 saturated carbocycles. The summed E-state index contributed by atoms with van der Waals surface area (Å²) in [6.45, 7) is 0.511. The lowest BCUT2D eigenvalue weighted by Gasteiger charge is -2.03. The highest BCUT2D eigenvalue weighted by Gasteiger charge is 2.27. The van der Waals surface area contributed by atoms with Crippen LogP contribution in [0, 0.1) is 0 Å². The van der Waals surface area contributed by atoms with Gasteiger partial charge in [-0.25, -0.2) is 0 Å². The molecule has 1 N–H and O–H groups in total. The fourth-order valence-electron chi connectivity index (χ4n) is 1.66. The molecule has 0 atom stereocenters. The summed E-state index contributed by atoms with van der Waals surface area (Å²) in [6, 6.07) is 3.80. The first-order valence-electron chi connectivity index (χ1n) is 6.43. The molecule has 0 aromatic carbocycles. The fraction of sp³-hybridized carbons (Fsp3) is 0.385. The Hall–Kier alpha value is -1.47. The second kappa shape index (κ2) is 6.32. The first-order valence-corrected chi connectivity index (χ1v) is 8.23. The summed E-state index contributed by atoms with van der Waals surface area (Å²) < 4.78 is 0.878. The van der Waals surface area contributed by atoms with Crippen LogP contribution in [0.15, 0.2) is 28.9 Å². The number of amides is 1. The number of carbonyl (C=O) groups excluding carboxylic acids is 1. The highest BCUT2D eigenvalue weighted by atomic mass is 32.2. The van der Waals surface area contributed by atoms with Gasteiger partial charge in [-0.1, -0.05) is 29.2 Å². The Labute approximate surface area is 125 Å². The van der Waals surface area contributed by atoms with Crippen LogP contribution in [0.4, 0.5) is 0 Å². The number of rotatable bonds is 6. The molecule has 2 aromatic heterocycles. The van der Waals surface area contributed by atoms with E-state index in [0.717, 1.165) is 14.9 Å². The minimum absolute atomic E-state index is 0.00188. The Balaban J connectivity index is 1.42. The molecule has 0 saturated heterocycles. The zero-order valence-electron chi connectivity index (χ0n) is 10.8. The summed E-state index contributed by atoms with van der Waals surface area (Å²) in [4.78, 5) is 15.8. The SMILES string of the molecule is O=C(CSc1nnc(C2CC2)s1)NCc1cccnc1. The van der Waals surface area contributed by atoms with Crippen molar-refractivity contribution in [2.45, 2.75) is 29.6 Å². The predicted octanol–water partition coefficient (Wildman–Crippen LogP) is 2.22. The molecular weight excluding hydrogens is 292 g/mol. The standard InChI is InChI=1S/C13H14N4OS2/c18-11(15-7-9-2-1-5-14-6-9)8-19-13-17-16-12(20-13)10-3-4-10/h1-2,5-6,10H,3-4,7-8H2,(H,15,18). The van der Waals surface area contributed by atoms with E-state index in [9.17, 15) is 4.79 Å². The summed E-state index contributed by atoms with van der Waals surface area (Å²) in [5.41, 5.74) is 0.998. The molecule has 104 valence electrons. The van der Waals surface area contributed by atoms with Gasteiger partial charge in [0.2, 0.25) is 5.91 Å². The van der Waals surface area contributed by atoms with Gasteiger partial charge in [0, 0.05) is 24.9 Å². The van der Waals surface area contributed by atoms with Gasteiger partial charge in [0.15, 0.2) is 4.34 Å². The highest BCUT2D eigenvalue weighted by Crippen LogP contribution is 2.42. The zero-order valence-corrected chi connectivity index (χ0v) is 12.4. The smallest absolute Gasteiger partial charge is 0.230 e. The summed E-state index contributed by atoms with van der Waals surface area (Å²) in [6.07, 6.45) is 5.92. The van der Waals surface area contributed by atoms with E-state index >= 15 is 0 Å². The number of hydrogen-bond donors (Lipinski definition) is 1. The zero-order chi connectivity index (χ0) is 13.8. The molecule has 2 heterocycles. The van der Waals surface area contributed by atoms with Gasteiger partial charge in [-0.3, -0.25) is 9.78 Å². The second-order valence-electron chi connectivity index (χ2n) is 4.61. The molecule has 7 heteroatoms. The molecule has 0 radical (unpaired) electrons. The van der Waals surface area contributed by atoms with Crippen LogP contribution in [-0.2, 0) is 11.3 Å². The Morgan fingerprint density at radius 3 is 3.10 bits per heavy atom. The third kappa shape index (κ3) is 3.77. The van der Waals surface area contributed by atoms with Crippen molar-refractivity contribution in [2.75, 3.05) is 5.75 Å². The van der Waals surface area contributed by atoms with E-state index in [1.807, 2.05) is 12.1 Å². The third-order valence-corrected chi connectivity index (χ3v) is 5.11. The average Bonchev–Trinajstić information content (AvgIpc) is 3.23. The first-order chi connectivity index (χ1) is 9.81. The van der Waals surface area contributed by atoms with E-state index in [0.29, 0.717) is 18.2 Å². The third-order valence-electron chi connectivity index (χ3n) is 2.89. The van der Waals surface area contributed by atoms with Crippen molar-refractivity contribution >= 4 is 29.0 Å². The molecule has 0 bridgehead atoms.